The Morgan fingerprint density at radius 3 is 2.70 bits per heavy atom. The van der Waals surface area contributed by atoms with E-state index in [4.69, 9.17) is 5.11 Å². The lowest BCUT2D eigenvalue weighted by atomic mass is 10.1. The molecule has 1 aliphatic carbocycles. The highest BCUT2D eigenvalue weighted by Crippen LogP contribution is 2.30. The zero-order chi connectivity index (χ0) is 14.5. The Balaban J connectivity index is 2.11. The molecule has 1 saturated carbocycles. The number of halogens is 1. The molecule has 0 radical (unpaired) electrons. The van der Waals surface area contributed by atoms with Gasteiger partial charge in [0.2, 0.25) is 0 Å². The van der Waals surface area contributed by atoms with Crippen molar-refractivity contribution >= 4 is 0 Å². The van der Waals surface area contributed by atoms with Gasteiger partial charge in [-0.05, 0) is 56.4 Å². The number of hydrogen-bond donors (Lipinski definition) is 1. The Bertz CT molecular complexity index is 511. The predicted molar refractivity (Wildman–Crippen MR) is 78.6 cm³/mol. The largest absolute Gasteiger partial charge is 0.384 e. The SMILES string of the molecule is CC(C)N(Cc1cc(F)cc(C#CCO)c1)CC1CC1. The Morgan fingerprint density at radius 2 is 2.10 bits per heavy atom. The van der Waals surface area contributed by atoms with Gasteiger partial charge in [0.15, 0.2) is 0 Å². The number of hydrogen-bond acceptors (Lipinski definition) is 2. The molecule has 0 saturated heterocycles. The third kappa shape index (κ3) is 4.63. The van der Waals surface area contributed by atoms with E-state index in [2.05, 4.69) is 30.6 Å². The van der Waals surface area contributed by atoms with Crippen LogP contribution in [0.4, 0.5) is 4.39 Å². The Morgan fingerprint density at radius 1 is 1.35 bits per heavy atom. The Kier molecular flexibility index (Phi) is 5.17. The molecular formula is C17H22FNO. The first-order valence-corrected chi connectivity index (χ1v) is 7.21. The molecule has 20 heavy (non-hydrogen) atoms. The lowest BCUT2D eigenvalue weighted by Crippen LogP contribution is -2.32. The molecule has 1 aromatic carbocycles. The van der Waals surface area contributed by atoms with Crippen molar-refractivity contribution in [1.29, 1.82) is 0 Å². The molecule has 0 aliphatic heterocycles. The van der Waals surface area contributed by atoms with Gasteiger partial charge in [0, 0.05) is 24.7 Å². The summed E-state index contributed by atoms with van der Waals surface area (Å²) in [7, 11) is 0. The molecule has 2 rings (SSSR count). The Hall–Kier alpha value is -1.37. The molecule has 0 unspecified atom stereocenters. The zero-order valence-corrected chi connectivity index (χ0v) is 12.2. The highest BCUT2D eigenvalue weighted by Gasteiger charge is 2.25. The zero-order valence-electron chi connectivity index (χ0n) is 12.2. The third-order valence-corrected chi connectivity index (χ3v) is 3.57. The second kappa shape index (κ2) is 6.88. The van der Waals surface area contributed by atoms with Crippen LogP contribution in [0.3, 0.4) is 0 Å². The summed E-state index contributed by atoms with van der Waals surface area (Å²) in [5.41, 5.74) is 1.57. The minimum Gasteiger partial charge on any atom is -0.384 e. The fraction of sp³-hybridized carbons (Fsp3) is 0.529. The summed E-state index contributed by atoms with van der Waals surface area (Å²) >= 11 is 0. The van der Waals surface area contributed by atoms with Crippen molar-refractivity contribution in [3.8, 4) is 11.8 Å². The fourth-order valence-corrected chi connectivity index (χ4v) is 2.28. The van der Waals surface area contributed by atoms with Gasteiger partial charge >= 0.3 is 0 Å². The maximum absolute atomic E-state index is 13.6. The van der Waals surface area contributed by atoms with Gasteiger partial charge in [0.25, 0.3) is 0 Å². The van der Waals surface area contributed by atoms with Crippen molar-refractivity contribution in [2.24, 2.45) is 5.92 Å². The normalized spacial score (nSPS) is 14.5. The maximum atomic E-state index is 13.6. The van der Waals surface area contributed by atoms with Crippen molar-refractivity contribution in [1.82, 2.24) is 4.90 Å². The minimum absolute atomic E-state index is 0.203. The van der Waals surface area contributed by atoms with Gasteiger partial charge in [-0.1, -0.05) is 11.8 Å². The summed E-state index contributed by atoms with van der Waals surface area (Å²) in [6.07, 6.45) is 2.64. The van der Waals surface area contributed by atoms with E-state index in [1.165, 1.54) is 18.9 Å². The highest BCUT2D eigenvalue weighted by atomic mass is 19.1. The third-order valence-electron chi connectivity index (χ3n) is 3.57. The molecule has 3 heteroatoms. The van der Waals surface area contributed by atoms with Gasteiger partial charge in [-0.15, -0.1) is 0 Å². The van der Waals surface area contributed by atoms with Crippen LogP contribution in [-0.4, -0.2) is 29.2 Å². The average molecular weight is 275 g/mol. The van der Waals surface area contributed by atoms with Gasteiger partial charge in [0.05, 0.1) is 0 Å². The van der Waals surface area contributed by atoms with Crippen LogP contribution >= 0.6 is 0 Å². The average Bonchev–Trinajstić information content (AvgIpc) is 3.19. The first kappa shape index (κ1) is 15.0. The first-order chi connectivity index (χ1) is 9.58. The second-order valence-electron chi connectivity index (χ2n) is 5.77. The van der Waals surface area contributed by atoms with E-state index >= 15 is 0 Å². The van der Waals surface area contributed by atoms with Crippen molar-refractivity contribution in [3.05, 3.63) is 35.1 Å². The first-order valence-electron chi connectivity index (χ1n) is 7.21. The molecule has 0 spiro atoms. The van der Waals surface area contributed by atoms with Gasteiger partial charge in [-0.25, -0.2) is 4.39 Å². The Labute approximate surface area is 120 Å². The lowest BCUT2D eigenvalue weighted by Gasteiger charge is -2.26. The van der Waals surface area contributed by atoms with Crippen LogP contribution in [0.2, 0.25) is 0 Å². The van der Waals surface area contributed by atoms with Crippen LogP contribution in [0.25, 0.3) is 0 Å². The summed E-state index contributed by atoms with van der Waals surface area (Å²) < 4.78 is 13.6. The topological polar surface area (TPSA) is 23.5 Å². The molecule has 0 amide bonds. The lowest BCUT2D eigenvalue weighted by molar-refractivity contribution is 0.203. The van der Waals surface area contributed by atoms with Gasteiger partial charge in [-0.3, -0.25) is 4.90 Å². The predicted octanol–water partition coefficient (Wildman–Crippen LogP) is 2.79. The minimum atomic E-state index is -0.264. The van der Waals surface area contributed by atoms with Crippen molar-refractivity contribution < 1.29 is 9.50 Å². The molecule has 1 aliphatic rings. The van der Waals surface area contributed by atoms with E-state index in [-0.39, 0.29) is 12.4 Å². The van der Waals surface area contributed by atoms with E-state index in [1.807, 2.05) is 6.07 Å². The van der Waals surface area contributed by atoms with E-state index in [1.54, 1.807) is 6.07 Å². The molecular weight excluding hydrogens is 253 g/mol. The second-order valence-corrected chi connectivity index (χ2v) is 5.77. The van der Waals surface area contributed by atoms with Crippen LogP contribution in [0.1, 0.15) is 37.8 Å². The van der Waals surface area contributed by atoms with Crippen LogP contribution in [0.5, 0.6) is 0 Å². The number of nitrogens with zero attached hydrogens (tertiary/aromatic N) is 1. The molecule has 0 bridgehead atoms. The van der Waals surface area contributed by atoms with Crippen molar-refractivity contribution in [2.75, 3.05) is 13.2 Å². The molecule has 1 fully saturated rings. The number of benzene rings is 1. The number of rotatable bonds is 5. The van der Waals surface area contributed by atoms with Crippen LogP contribution < -0.4 is 0 Å². The summed E-state index contributed by atoms with van der Waals surface area (Å²) in [5, 5.41) is 8.71. The summed E-state index contributed by atoms with van der Waals surface area (Å²) in [5.74, 6) is 5.89. The van der Waals surface area contributed by atoms with Gasteiger partial charge in [0.1, 0.15) is 12.4 Å². The van der Waals surface area contributed by atoms with E-state index in [0.717, 1.165) is 24.6 Å². The molecule has 0 heterocycles. The van der Waals surface area contributed by atoms with E-state index in [9.17, 15) is 4.39 Å². The molecule has 0 atom stereocenters. The molecule has 1 aromatic rings. The van der Waals surface area contributed by atoms with Crippen molar-refractivity contribution in [3.63, 3.8) is 0 Å². The van der Waals surface area contributed by atoms with Gasteiger partial charge < -0.3 is 5.11 Å². The number of aliphatic hydroxyl groups excluding tert-OH is 1. The van der Waals surface area contributed by atoms with Crippen LogP contribution in [0, 0.1) is 23.6 Å². The maximum Gasteiger partial charge on any atom is 0.124 e. The monoisotopic (exact) mass is 275 g/mol. The van der Waals surface area contributed by atoms with Crippen LogP contribution in [-0.2, 0) is 6.54 Å². The highest BCUT2D eigenvalue weighted by molar-refractivity contribution is 5.37. The fourth-order valence-electron chi connectivity index (χ4n) is 2.28. The molecule has 108 valence electrons. The quantitative estimate of drug-likeness (QED) is 0.835. The molecule has 2 nitrogen and oxygen atoms in total. The van der Waals surface area contributed by atoms with E-state index < -0.39 is 0 Å². The van der Waals surface area contributed by atoms with Gasteiger partial charge in [-0.2, -0.15) is 0 Å². The summed E-state index contributed by atoms with van der Waals surface area (Å²) in [4.78, 5) is 2.38. The van der Waals surface area contributed by atoms with Crippen LogP contribution in [0.15, 0.2) is 18.2 Å². The smallest absolute Gasteiger partial charge is 0.124 e. The standard InChI is InChI=1S/C17H22FNO/c1-13(2)19(11-14-5-6-14)12-16-8-15(4-3-7-20)9-17(18)10-16/h8-10,13-14,20H,5-7,11-12H2,1-2H3. The molecule has 0 aromatic heterocycles. The number of aliphatic hydroxyl groups is 1. The summed E-state index contributed by atoms with van der Waals surface area (Å²) in [6, 6.07) is 5.35. The molecule has 1 N–H and O–H groups in total. The van der Waals surface area contributed by atoms with E-state index in [0.29, 0.717) is 11.6 Å². The summed E-state index contributed by atoms with van der Waals surface area (Å²) in [6.45, 7) is 5.99. The van der Waals surface area contributed by atoms with Crippen molar-refractivity contribution in [2.45, 2.75) is 39.3 Å².